The number of rotatable bonds is 10. The Bertz CT molecular complexity index is 3750. The molecule has 2 heterocycles. The summed E-state index contributed by atoms with van der Waals surface area (Å²) in [5, 5.41) is 12.1. The van der Waals surface area contributed by atoms with Gasteiger partial charge in [-0.2, -0.15) is 0 Å². The number of furan rings is 2. The Kier molecular flexibility index (Phi) is 10.3. The molecule has 0 aliphatic heterocycles. The predicted octanol–water partition coefficient (Wildman–Crippen LogP) is 20.4. The van der Waals surface area contributed by atoms with Crippen molar-refractivity contribution in [3.05, 3.63) is 191 Å². The van der Waals surface area contributed by atoms with E-state index in [9.17, 15) is 0 Å². The molecule has 0 saturated heterocycles. The van der Waals surface area contributed by atoms with E-state index in [2.05, 4.69) is 237 Å². The van der Waals surface area contributed by atoms with Gasteiger partial charge in [-0.1, -0.05) is 177 Å². The fraction of sp³-hybridized carbons (Fsp3) is 0.212. The number of anilines is 6. The van der Waals surface area contributed by atoms with Crippen molar-refractivity contribution < 1.29 is 8.83 Å². The number of para-hydroxylation sites is 4. The van der Waals surface area contributed by atoms with Gasteiger partial charge in [-0.3, -0.25) is 0 Å². The fourth-order valence-electron chi connectivity index (χ4n) is 11.7. The SMILES string of the molecule is Cc1ccccc1N(c1cc(C(C)C)c2ccc3c(N(c4ccccc4C)c4c(C(C)C)ccc5c4oc4ccccc45)cc(C(C)C)c4ccc1c2c43)c1c(C(C)C)ccc2c1oc1ccccc12. The minimum atomic E-state index is 0.221. The van der Waals surface area contributed by atoms with Crippen LogP contribution in [0.25, 0.3) is 76.2 Å². The van der Waals surface area contributed by atoms with E-state index in [-0.39, 0.29) is 23.7 Å². The lowest BCUT2D eigenvalue weighted by Gasteiger charge is -2.34. The van der Waals surface area contributed by atoms with E-state index in [1.165, 1.54) is 65.7 Å². The quantitative estimate of drug-likeness (QED) is 0.128. The highest BCUT2D eigenvalue weighted by atomic mass is 16.3. The molecule has 0 atom stereocenters. The molecule has 0 amide bonds. The largest absolute Gasteiger partial charge is 0.454 e. The summed E-state index contributed by atoms with van der Waals surface area (Å²) in [5.74, 6) is 0.916. The number of hydrogen-bond donors (Lipinski definition) is 0. The molecule has 0 saturated carbocycles. The molecule has 0 aliphatic rings. The van der Waals surface area contributed by atoms with E-state index >= 15 is 0 Å². The zero-order chi connectivity index (χ0) is 48.3. The Morgan fingerprint density at radius 3 is 1.04 bits per heavy atom. The highest BCUT2D eigenvalue weighted by molar-refractivity contribution is 6.30. The van der Waals surface area contributed by atoms with Crippen LogP contribution in [0.15, 0.2) is 167 Å². The lowest BCUT2D eigenvalue weighted by atomic mass is 9.83. The van der Waals surface area contributed by atoms with Crippen LogP contribution in [0.2, 0.25) is 0 Å². The van der Waals surface area contributed by atoms with E-state index in [0.29, 0.717) is 0 Å². The van der Waals surface area contributed by atoms with Gasteiger partial charge in [-0.25, -0.2) is 0 Å². The summed E-state index contributed by atoms with van der Waals surface area (Å²) in [6, 6.07) is 58.5. The first-order chi connectivity index (χ1) is 33.9. The topological polar surface area (TPSA) is 32.8 Å². The van der Waals surface area contributed by atoms with Crippen molar-refractivity contribution in [3.8, 4) is 0 Å². The summed E-state index contributed by atoms with van der Waals surface area (Å²) in [6.07, 6.45) is 0. The number of aryl methyl sites for hydroxylation is 2. The molecular formula is C66H60N2O2. The number of hydrogen-bond acceptors (Lipinski definition) is 4. The molecule has 4 heteroatoms. The maximum Gasteiger partial charge on any atom is 0.159 e. The summed E-state index contributed by atoms with van der Waals surface area (Å²) >= 11 is 0. The number of benzene rings is 10. The summed E-state index contributed by atoms with van der Waals surface area (Å²) in [7, 11) is 0. The van der Waals surface area contributed by atoms with Gasteiger partial charge >= 0.3 is 0 Å². The van der Waals surface area contributed by atoms with Crippen molar-refractivity contribution in [3.63, 3.8) is 0 Å². The van der Waals surface area contributed by atoms with Gasteiger partial charge in [0, 0.05) is 43.7 Å². The molecule has 0 aliphatic carbocycles. The smallest absolute Gasteiger partial charge is 0.159 e. The minimum Gasteiger partial charge on any atom is -0.454 e. The predicted molar refractivity (Wildman–Crippen MR) is 300 cm³/mol. The van der Waals surface area contributed by atoms with Crippen molar-refractivity contribution in [2.75, 3.05) is 9.80 Å². The molecular weight excluding hydrogens is 853 g/mol. The Hall–Kier alpha value is -7.56. The second-order valence-corrected chi connectivity index (χ2v) is 20.9. The van der Waals surface area contributed by atoms with Gasteiger partial charge in [0.1, 0.15) is 11.2 Å². The van der Waals surface area contributed by atoms with Crippen LogP contribution in [0.3, 0.4) is 0 Å². The average molecular weight is 913 g/mol. The molecule has 0 radical (unpaired) electrons. The van der Waals surface area contributed by atoms with E-state index in [1.807, 2.05) is 0 Å². The van der Waals surface area contributed by atoms with E-state index in [4.69, 9.17) is 8.83 Å². The normalized spacial score (nSPS) is 12.4. The van der Waals surface area contributed by atoms with E-state index < -0.39 is 0 Å². The van der Waals surface area contributed by atoms with Crippen LogP contribution in [0.4, 0.5) is 34.1 Å². The first-order valence-corrected chi connectivity index (χ1v) is 25.3. The van der Waals surface area contributed by atoms with Gasteiger partial charge in [0.15, 0.2) is 11.2 Å². The van der Waals surface area contributed by atoms with Crippen molar-refractivity contribution in [1.29, 1.82) is 0 Å². The molecule has 0 bridgehead atoms. The van der Waals surface area contributed by atoms with E-state index in [1.54, 1.807) is 0 Å². The monoisotopic (exact) mass is 912 g/mol. The maximum atomic E-state index is 7.04. The molecule has 10 aromatic carbocycles. The summed E-state index contributed by atoms with van der Waals surface area (Å²) < 4.78 is 14.1. The fourth-order valence-corrected chi connectivity index (χ4v) is 11.7. The molecule has 12 aromatic rings. The van der Waals surface area contributed by atoms with E-state index in [0.717, 1.165) is 78.0 Å². The second-order valence-electron chi connectivity index (χ2n) is 20.9. The van der Waals surface area contributed by atoms with Crippen LogP contribution in [0.1, 0.15) is 112 Å². The van der Waals surface area contributed by atoms with Gasteiger partial charge in [0.05, 0.1) is 22.7 Å². The second kappa shape index (κ2) is 16.6. The Morgan fingerprint density at radius 1 is 0.314 bits per heavy atom. The first kappa shape index (κ1) is 43.7. The summed E-state index contributed by atoms with van der Waals surface area (Å²) in [5.41, 5.74) is 17.9. The van der Waals surface area contributed by atoms with Gasteiger partial charge in [-0.05, 0) is 129 Å². The van der Waals surface area contributed by atoms with Gasteiger partial charge < -0.3 is 18.6 Å². The third-order valence-electron chi connectivity index (χ3n) is 15.2. The minimum absolute atomic E-state index is 0.221. The standard InChI is InChI=1S/C66H60N2O2/c1-37(2)43-27-31-49-45-21-13-17-25-59(45)69-65(49)63(43)67(55-23-15-11-19-41(55)9)57-35-53(39(5)6)47-30-34-52-58(36-54(40(7)8)48-29-33-51(57)61(47)62(48)52)68(56-24-16-12-20-42(56)10)64-44(38(3)4)28-32-50-46-22-14-18-26-60(46)70-66(50)64/h11-40H,1-10H3. The Morgan fingerprint density at radius 2 is 0.657 bits per heavy atom. The average Bonchev–Trinajstić information content (AvgIpc) is 3.93. The zero-order valence-electron chi connectivity index (χ0n) is 42.0. The highest BCUT2D eigenvalue weighted by Crippen LogP contribution is 2.55. The van der Waals surface area contributed by atoms with Gasteiger partial charge in [0.25, 0.3) is 0 Å². The summed E-state index contributed by atoms with van der Waals surface area (Å²) in [4.78, 5) is 5.10. The Balaban J connectivity index is 1.25. The molecule has 0 unspecified atom stereocenters. The van der Waals surface area contributed by atoms with Crippen LogP contribution < -0.4 is 9.80 Å². The van der Waals surface area contributed by atoms with Crippen LogP contribution in [-0.2, 0) is 0 Å². The third-order valence-corrected chi connectivity index (χ3v) is 15.2. The van der Waals surface area contributed by atoms with Gasteiger partial charge in [-0.15, -0.1) is 0 Å². The van der Waals surface area contributed by atoms with Crippen molar-refractivity contribution >= 4 is 110 Å². The van der Waals surface area contributed by atoms with Crippen molar-refractivity contribution in [2.24, 2.45) is 0 Å². The molecule has 4 nitrogen and oxygen atoms in total. The third kappa shape index (κ3) is 6.56. The lowest BCUT2D eigenvalue weighted by molar-refractivity contribution is 0.667. The van der Waals surface area contributed by atoms with Gasteiger partial charge in [0.2, 0.25) is 0 Å². The molecule has 0 fully saturated rings. The van der Waals surface area contributed by atoms with Crippen molar-refractivity contribution in [1.82, 2.24) is 0 Å². The highest BCUT2D eigenvalue weighted by Gasteiger charge is 2.32. The molecule has 12 rings (SSSR count). The summed E-state index contributed by atoms with van der Waals surface area (Å²) in [6.45, 7) is 23.1. The number of fused-ring (bicyclic) bond motifs is 6. The van der Waals surface area contributed by atoms with Crippen LogP contribution in [0, 0.1) is 13.8 Å². The van der Waals surface area contributed by atoms with Crippen LogP contribution in [-0.4, -0.2) is 0 Å². The Labute approximate surface area is 411 Å². The molecule has 2 aromatic heterocycles. The lowest BCUT2D eigenvalue weighted by Crippen LogP contribution is -2.16. The maximum absolute atomic E-state index is 7.04. The molecule has 346 valence electrons. The van der Waals surface area contributed by atoms with Crippen LogP contribution in [0.5, 0.6) is 0 Å². The molecule has 70 heavy (non-hydrogen) atoms. The molecule has 0 spiro atoms. The number of nitrogens with zero attached hydrogens (tertiary/aromatic N) is 2. The first-order valence-electron chi connectivity index (χ1n) is 25.3. The van der Waals surface area contributed by atoms with Crippen LogP contribution >= 0.6 is 0 Å². The van der Waals surface area contributed by atoms with Crippen molar-refractivity contribution in [2.45, 2.75) is 92.9 Å². The molecule has 0 N–H and O–H groups in total. The zero-order valence-corrected chi connectivity index (χ0v) is 42.0.